The van der Waals surface area contributed by atoms with Gasteiger partial charge in [0.05, 0.1) is 30.4 Å². The van der Waals surface area contributed by atoms with Crippen molar-refractivity contribution in [1.82, 2.24) is 9.78 Å². The van der Waals surface area contributed by atoms with Gasteiger partial charge in [-0.15, -0.1) is 0 Å². The minimum atomic E-state index is -3.12. The minimum absolute atomic E-state index is 0.00911. The van der Waals surface area contributed by atoms with E-state index in [0.29, 0.717) is 28.6 Å². The summed E-state index contributed by atoms with van der Waals surface area (Å²) in [7, 11) is -1.53. The normalized spacial score (nSPS) is 17.5. The Morgan fingerprint density at radius 3 is 2.55 bits per heavy atom. The molecule has 0 radical (unpaired) electrons. The average molecular weight is 460 g/mol. The first kappa shape index (κ1) is 21.4. The highest BCUT2D eigenvalue weighted by molar-refractivity contribution is 7.91. The Balaban J connectivity index is 1.70. The summed E-state index contributed by atoms with van der Waals surface area (Å²) in [5.74, 6) is 0.453. The number of carbonyl (C=O) groups excluding carboxylic acids is 1. The molecule has 1 aliphatic rings. The van der Waals surface area contributed by atoms with Gasteiger partial charge < -0.3 is 10.1 Å². The Labute approximate surface area is 185 Å². The summed E-state index contributed by atoms with van der Waals surface area (Å²) in [4.78, 5) is 12.9. The minimum Gasteiger partial charge on any atom is -0.497 e. The topological polar surface area (TPSA) is 90.3 Å². The Morgan fingerprint density at radius 1 is 1.19 bits per heavy atom. The van der Waals surface area contributed by atoms with Crippen LogP contribution in [-0.2, 0) is 9.84 Å². The van der Waals surface area contributed by atoms with Gasteiger partial charge in [0.1, 0.15) is 5.75 Å². The second-order valence-electron chi connectivity index (χ2n) is 7.56. The summed E-state index contributed by atoms with van der Waals surface area (Å²) in [6, 6.07) is 13.9. The van der Waals surface area contributed by atoms with E-state index in [0.717, 1.165) is 11.1 Å². The zero-order chi connectivity index (χ0) is 22.2. The number of nitrogens with zero attached hydrogens (tertiary/aromatic N) is 2. The third kappa shape index (κ3) is 4.60. The van der Waals surface area contributed by atoms with Gasteiger partial charge in [0.2, 0.25) is 0 Å². The molecule has 3 aromatic rings. The van der Waals surface area contributed by atoms with E-state index >= 15 is 0 Å². The van der Waals surface area contributed by atoms with E-state index in [1.807, 2.05) is 31.2 Å². The van der Waals surface area contributed by atoms with Crippen LogP contribution in [0.15, 0.2) is 48.5 Å². The second kappa shape index (κ2) is 8.36. The third-order valence-corrected chi connectivity index (χ3v) is 7.33. The van der Waals surface area contributed by atoms with Gasteiger partial charge >= 0.3 is 0 Å². The Morgan fingerprint density at radius 2 is 1.94 bits per heavy atom. The SMILES string of the molecule is COc1ccc(-c2cc(C(=O)Nc3ccc(Cl)cc3C)nn2C2CCS(=O)(=O)C2)cc1. The molecule has 1 N–H and O–H groups in total. The molecule has 7 nitrogen and oxygen atoms in total. The number of hydrogen-bond donors (Lipinski definition) is 1. The lowest BCUT2D eigenvalue weighted by Gasteiger charge is -2.13. The molecule has 1 unspecified atom stereocenters. The molecule has 1 atom stereocenters. The summed E-state index contributed by atoms with van der Waals surface area (Å²) in [6.45, 7) is 1.85. The molecule has 1 saturated heterocycles. The summed E-state index contributed by atoms with van der Waals surface area (Å²) in [5, 5.41) is 7.95. The van der Waals surface area contributed by atoms with Gasteiger partial charge in [0.25, 0.3) is 5.91 Å². The zero-order valence-corrected chi connectivity index (χ0v) is 18.7. The maximum absolute atomic E-state index is 12.9. The van der Waals surface area contributed by atoms with E-state index in [-0.39, 0.29) is 29.1 Å². The molecule has 1 aliphatic heterocycles. The molecular weight excluding hydrogens is 438 g/mol. The van der Waals surface area contributed by atoms with E-state index in [1.54, 1.807) is 36.1 Å². The predicted molar refractivity (Wildman–Crippen MR) is 121 cm³/mol. The molecule has 0 bridgehead atoms. The Hall–Kier alpha value is -2.84. The van der Waals surface area contributed by atoms with Gasteiger partial charge in [0, 0.05) is 16.3 Å². The van der Waals surface area contributed by atoms with Gasteiger partial charge in [-0.1, -0.05) is 11.6 Å². The number of amides is 1. The van der Waals surface area contributed by atoms with Crippen LogP contribution in [0.5, 0.6) is 5.75 Å². The molecule has 0 saturated carbocycles. The van der Waals surface area contributed by atoms with E-state index in [4.69, 9.17) is 16.3 Å². The maximum Gasteiger partial charge on any atom is 0.276 e. The molecule has 0 aliphatic carbocycles. The number of rotatable bonds is 5. The molecule has 4 rings (SSSR count). The first-order valence-corrected chi connectivity index (χ1v) is 12.0. The number of aromatic nitrogens is 2. The number of nitrogens with one attached hydrogen (secondary N) is 1. The van der Waals surface area contributed by atoms with E-state index < -0.39 is 9.84 Å². The molecule has 1 amide bonds. The van der Waals surface area contributed by atoms with Crippen LogP contribution in [0.3, 0.4) is 0 Å². The first-order valence-electron chi connectivity index (χ1n) is 9.77. The van der Waals surface area contributed by atoms with E-state index in [1.165, 1.54) is 0 Å². The van der Waals surface area contributed by atoms with Crippen LogP contribution in [0.1, 0.15) is 28.5 Å². The predicted octanol–water partition coefficient (Wildman–Crippen LogP) is 4.13. The Kier molecular flexibility index (Phi) is 5.77. The highest BCUT2D eigenvalue weighted by Crippen LogP contribution is 2.31. The van der Waals surface area contributed by atoms with Gasteiger partial charge in [-0.05, 0) is 67.4 Å². The number of hydrogen-bond acceptors (Lipinski definition) is 5. The van der Waals surface area contributed by atoms with Crippen molar-refractivity contribution in [2.75, 3.05) is 23.9 Å². The van der Waals surface area contributed by atoms with Crippen LogP contribution in [-0.4, -0.2) is 42.7 Å². The van der Waals surface area contributed by atoms with E-state index in [2.05, 4.69) is 10.4 Å². The fourth-order valence-electron chi connectivity index (χ4n) is 3.68. The van der Waals surface area contributed by atoms with Crippen molar-refractivity contribution in [3.63, 3.8) is 0 Å². The molecular formula is C22H22ClN3O4S. The third-order valence-electron chi connectivity index (χ3n) is 5.35. The van der Waals surface area contributed by atoms with Crippen molar-refractivity contribution in [2.24, 2.45) is 0 Å². The summed E-state index contributed by atoms with van der Waals surface area (Å²) < 4.78 is 31.0. The van der Waals surface area contributed by atoms with Crippen LogP contribution >= 0.6 is 11.6 Å². The lowest BCUT2D eigenvalue weighted by molar-refractivity contribution is 0.102. The van der Waals surface area contributed by atoms with Crippen LogP contribution in [0, 0.1) is 6.92 Å². The fourth-order valence-corrected chi connectivity index (χ4v) is 5.60. The van der Waals surface area contributed by atoms with Crippen molar-refractivity contribution in [3.05, 3.63) is 64.8 Å². The molecule has 2 aromatic carbocycles. The molecule has 2 heterocycles. The average Bonchev–Trinajstić information content (AvgIpc) is 3.33. The standard InChI is InChI=1S/C22H22ClN3O4S/c1-14-11-16(23)5-8-19(14)24-22(27)20-12-21(15-3-6-18(30-2)7-4-15)26(25-20)17-9-10-31(28,29)13-17/h3-8,11-12,17H,9-10,13H2,1-2H3,(H,24,27). The summed E-state index contributed by atoms with van der Waals surface area (Å²) >= 11 is 5.99. The van der Waals surface area contributed by atoms with Crippen molar-refractivity contribution in [2.45, 2.75) is 19.4 Å². The highest BCUT2D eigenvalue weighted by atomic mass is 35.5. The first-order chi connectivity index (χ1) is 14.8. The van der Waals surface area contributed by atoms with Crippen LogP contribution < -0.4 is 10.1 Å². The highest BCUT2D eigenvalue weighted by Gasteiger charge is 2.32. The lowest BCUT2D eigenvalue weighted by atomic mass is 10.1. The second-order valence-corrected chi connectivity index (χ2v) is 10.2. The number of halogens is 1. The van der Waals surface area contributed by atoms with Crippen molar-refractivity contribution in [1.29, 1.82) is 0 Å². The number of sulfone groups is 1. The van der Waals surface area contributed by atoms with Gasteiger partial charge in [-0.2, -0.15) is 5.10 Å². The molecule has 31 heavy (non-hydrogen) atoms. The number of anilines is 1. The maximum atomic E-state index is 12.9. The number of methoxy groups -OCH3 is 1. The van der Waals surface area contributed by atoms with Crippen LogP contribution in [0.4, 0.5) is 5.69 Å². The number of benzene rings is 2. The molecule has 1 aromatic heterocycles. The fraction of sp³-hybridized carbons (Fsp3) is 0.273. The molecule has 1 fully saturated rings. The lowest BCUT2D eigenvalue weighted by Crippen LogP contribution is -2.17. The number of carbonyl (C=O) groups is 1. The quantitative estimate of drug-likeness (QED) is 0.619. The van der Waals surface area contributed by atoms with E-state index in [9.17, 15) is 13.2 Å². The van der Waals surface area contributed by atoms with Crippen molar-refractivity contribution in [3.8, 4) is 17.0 Å². The smallest absolute Gasteiger partial charge is 0.276 e. The number of ether oxygens (including phenoxy) is 1. The van der Waals surface area contributed by atoms with Gasteiger partial charge in [0.15, 0.2) is 15.5 Å². The summed E-state index contributed by atoms with van der Waals surface area (Å²) in [5.41, 5.74) is 3.18. The van der Waals surface area contributed by atoms with Gasteiger partial charge in [-0.3, -0.25) is 9.48 Å². The van der Waals surface area contributed by atoms with Crippen molar-refractivity contribution >= 4 is 33.0 Å². The molecule has 0 spiro atoms. The molecule has 162 valence electrons. The van der Waals surface area contributed by atoms with Crippen molar-refractivity contribution < 1.29 is 17.9 Å². The van der Waals surface area contributed by atoms with Crippen LogP contribution in [0.25, 0.3) is 11.3 Å². The van der Waals surface area contributed by atoms with Crippen LogP contribution in [0.2, 0.25) is 5.02 Å². The monoisotopic (exact) mass is 459 g/mol. The van der Waals surface area contributed by atoms with Gasteiger partial charge in [-0.25, -0.2) is 8.42 Å². The summed E-state index contributed by atoms with van der Waals surface area (Å²) in [6.07, 6.45) is 0.463. The Bertz CT molecular complexity index is 1240. The largest absolute Gasteiger partial charge is 0.497 e. The number of aryl methyl sites for hydroxylation is 1. The molecule has 9 heteroatoms. The zero-order valence-electron chi connectivity index (χ0n) is 17.1.